The molecule has 1 aromatic heterocycles. The summed E-state index contributed by atoms with van der Waals surface area (Å²) >= 11 is 0. The summed E-state index contributed by atoms with van der Waals surface area (Å²) in [7, 11) is 0. The van der Waals surface area contributed by atoms with Crippen molar-refractivity contribution in [1.29, 1.82) is 0 Å². The molecule has 1 aliphatic carbocycles. The first-order valence-corrected chi connectivity index (χ1v) is 35.9. The summed E-state index contributed by atoms with van der Waals surface area (Å²) in [5.74, 6) is 0. The van der Waals surface area contributed by atoms with Crippen LogP contribution in [0.4, 0.5) is 34.1 Å². The molecule has 14 aromatic carbocycles. The molecule has 0 amide bonds. The van der Waals surface area contributed by atoms with Crippen LogP contribution in [0.3, 0.4) is 0 Å². The third-order valence-electron chi connectivity index (χ3n) is 22.1. The summed E-state index contributed by atoms with van der Waals surface area (Å²) in [5.41, 5.74) is 33.9. The highest BCUT2D eigenvalue weighted by atomic mass is 15.2. The average Bonchev–Trinajstić information content (AvgIpc) is 1.49. The molecule has 0 saturated heterocycles. The molecule has 0 unspecified atom stereocenters. The molecule has 2 aliphatic heterocycles. The topological polar surface area (TPSA) is 11.4 Å². The highest BCUT2D eigenvalue weighted by Gasteiger charge is 2.49. The van der Waals surface area contributed by atoms with Gasteiger partial charge in [0.05, 0.1) is 33.5 Å². The van der Waals surface area contributed by atoms with Gasteiger partial charge in [-0.2, -0.15) is 0 Å². The first-order chi connectivity index (χ1) is 49.0. The molecule has 486 valence electrons. The molecule has 0 N–H and O–H groups in total. The van der Waals surface area contributed by atoms with E-state index >= 15 is 0 Å². The molecule has 0 radical (unpaired) electrons. The molecule has 3 nitrogen and oxygen atoms in total. The van der Waals surface area contributed by atoms with E-state index in [9.17, 15) is 0 Å². The molecule has 15 aromatic rings. The normalized spacial score (nSPS) is 13.6. The fourth-order valence-corrected chi connectivity index (χ4v) is 17.2. The van der Waals surface area contributed by atoms with E-state index in [-0.39, 0.29) is 23.0 Å². The summed E-state index contributed by atoms with van der Waals surface area (Å²) in [6.45, 7) is 20.9. The summed E-state index contributed by atoms with van der Waals surface area (Å²) in [6.07, 6.45) is 0. The van der Waals surface area contributed by atoms with Gasteiger partial charge in [-0.1, -0.05) is 317 Å². The molecule has 18 rings (SSSR count). The Bertz CT molecular complexity index is 5600. The molecule has 3 aliphatic rings. The van der Waals surface area contributed by atoms with E-state index in [1.54, 1.807) is 0 Å². The standard InChI is InChI=1S/C97H80BN3/c1-94(2,3)69-51-54-85-79(57-69)80-58-70(95(4,5)6)52-55-86(80)99(85)72-61-89-92-90(62-72)101(93-77(64-34-17-11-18-35-64)59-71(96(7,8)9)60-78(93)65-36-19-12-20-37-65)87-49-30-28-47-82(87)98(92)83-56-66(50-53-88(83)100(89)84-48-29-26-42-73(84)63-32-15-10-16-33-63)74-44-31-45-76-75-43-25-27-46-81(75)97(91(74)76,67-38-21-13-22-39-67)68-40-23-14-24-41-68/h10-62H,1-9H3. The summed E-state index contributed by atoms with van der Waals surface area (Å²) < 4.78 is 2.59. The van der Waals surface area contributed by atoms with Gasteiger partial charge in [0.15, 0.2) is 0 Å². The van der Waals surface area contributed by atoms with E-state index in [0.717, 1.165) is 62.1 Å². The van der Waals surface area contributed by atoms with Crippen LogP contribution in [0, 0.1) is 0 Å². The van der Waals surface area contributed by atoms with E-state index in [2.05, 4.69) is 398 Å². The minimum atomic E-state index is -0.624. The van der Waals surface area contributed by atoms with Crippen molar-refractivity contribution in [3.05, 3.63) is 360 Å². The number of para-hydroxylation sites is 2. The quantitative estimate of drug-likeness (QED) is 0.133. The lowest BCUT2D eigenvalue weighted by Crippen LogP contribution is -2.61. The van der Waals surface area contributed by atoms with E-state index in [1.165, 1.54) is 111 Å². The van der Waals surface area contributed by atoms with Crippen molar-refractivity contribution in [3.8, 4) is 61.3 Å². The van der Waals surface area contributed by atoms with Gasteiger partial charge in [-0.15, -0.1) is 0 Å². The predicted molar refractivity (Wildman–Crippen MR) is 430 cm³/mol. The van der Waals surface area contributed by atoms with Crippen LogP contribution in [0.5, 0.6) is 0 Å². The fraction of sp³-hybridized carbons (Fsp3) is 0.134. The number of hydrogen-bond acceptors (Lipinski definition) is 2. The van der Waals surface area contributed by atoms with Gasteiger partial charge in [0.25, 0.3) is 6.71 Å². The molecular formula is C97H80BN3. The third kappa shape index (κ3) is 9.77. The lowest BCUT2D eigenvalue weighted by Gasteiger charge is -2.45. The average molecular weight is 1300 g/mol. The number of fused-ring (bicyclic) bond motifs is 10. The van der Waals surface area contributed by atoms with Crippen LogP contribution in [0.1, 0.15) is 101 Å². The number of aromatic nitrogens is 1. The lowest BCUT2D eigenvalue weighted by atomic mass is 9.33. The van der Waals surface area contributed by atoms with Gasteiger partial charge in [-0.05, 0) is 177 Å². The van der Waals surface area contributed by atoms with Crippen molar-refractivity contribution in [3.63, 3.8) is 0 Å². The largest absolute Gasteiger partial charge is 0.311 e. The van der Waals surface area contributed by atoms with Crippen molar-refractivity contribution in [2.75, 3.05) is 9.80 Å². The summed E-state index contributed by atoms with van der Waals surface area (Å²) in [6, 6.07) is 123. The number of nitrogens with zero attached hydrogens (tertiary/aromatic N) is 3. The van der Waals surface area contributed by atoms with E-state index in [1.807, 2.05) is 0 Å². The highest BCUT2D eigenvalue weighted by Crippen LogP contribution is 2.60. The van der Waals surface area contributed by atoms with Crippen molar-refractivity contribution in [1.82, 2.24) is 4.57 Å². The summed E-state index contributed by atoms with van der Waals surface area (Å²) in [5, 5.41) is 2.51. The fourth-order valence-electron chi connectivity index (χ4n) is 17.2. The molecule has 3 heterocycles. The SMILES string of the molecule is CC(C)(C)c1cc(-c2ccccc2)c(N2c3ccccc3B3c4cc(-c5cccc6c5C(c5ccccc5)(c5ccccc5)c5ccccc5-6)ccc4N(c4ccccc4-c4ccccc4)c4cc(-n5c6ccc(C(C)(C)C)cc6c6cc(C(C)(C)C)ccc65)cc2c43)c(-c2ccccc2)c1. The number of anilines is 6. The van der Waals surface area contributed by atoms with Crippen LogP contribution < -0.4 is 26.2 Å². The minimum absolute atomic E-state index is 0.0724. The maximum absolute atomic E-state index is 2.69. The monoisotopic (exact) mass is 1300 g/mol. The van der Waals surface area contributed by atoms with E-state index in [0.29, 0.717) is 0 Å². The Hall–Kier alpha value is -11.5. The smallest absolute Gasteiger partial charge is 0.252 e. The van der Waals surface area contributed by atoms with Gasteiger partial charge in [0.1, 0.15) is 0 Å². The van der Waals surface area contributed by atoms with Crippen LogP contribution in [-0.2, 0) is 21.7 Å². The molecule has 101 heavy (non-hydrogen) atoms. The van der Waals surface area contributed by atoms with E-state index in [4.69, 9.17) is 0 Å². The first-order valence-electron chi connectivity index (χ1n) is 35.9. The highest BCUT2D eigenvalue weighted by molar-refractivity contribution is 7.00. The second kappa shape index (κ2) is 23.3. The van der Waals surface area contributed by atoms with Crippen LogP contribution in [0.2, 0.25) is 0 Å². The van der Waals surface area contributed by atoms with Crippen molar-refractivity contribution in [2.45, 2.75) is 84.0 Å². The van der Waals surface area contributed by atoms with Gasteiger partial charge in [0.2, 0.25) is 0 Å². The van der Waals surface area contributed by atoms with Gasteiger partial charge in [-0.25, -0.2) is 0 Å². The van der Waals surface area contributed by atoms with Crippen molar-refractivity contribution < 1.29 is 0 Å². The second-order valence-corrected chi connectivity index (χ2v) is 31.2. The van der Waals surface area contributed by atoms with Crippen molar-refractivity contribution in [2.24, 2.45) is 0 Å². The van der Waals surface area contributed by atoms with Crippen LogP contribution in [-0.4, -0.2) is 11.3 Å². The Balaban J connectivity index is 1.00. The Kier molecular flexibility index (Phi) is 14.3. The first kappa shape index (κ1) is 61.8. The Morgan fingerprint density at radius 1 is 0.287 bits per heavy atom. The Labute approximate surface area is 595 Å². The Morgan fingerprint density at radius 2 is 0.733 bits per heavy atom. The lowest BCUT2D eigenvalue weighted by molar-refractivity contribution is 0.590. The predicted octanol–water partition coefficient (Wildman–Crippen LogP) is 23.8. The molecule has 0 spiro atoms. The molecule has 0 bridgehead atoms. The van der Waals surface area contributed by atoms with Crippen LogP contribution in [0.15, 0.2) is 322 Å². The van der Waals surface area contributed by atoms with Crippen LogP contribution in [0.25, 0.3) is 83.1 Å². The maximum Gasteiger partial charge on any atom is 0.252 e. The molecular weight excluding hydrogens is 1220 g/mol. The van der Waals surface area contributed by atoms with Gasteiger partial charge >= 0.3 is 0 Å². The maximum atomic E-state index is 2.69. The Morgan fingerprint density at radius 3 is 1.29 bits per heavy atom. The van der Waals surface area contributed by atoms with Crippen molar-refractivity contribution >= 4 is 79.0 Å². The number of rotatable bonds is 9. The van der Waals surface area contributed by atoms with Gasteiger partial charge in [-0.3, -0.25) is 0 Å². The zero-order valence-electron chi connectivity index (χ0n) is 59.0. The number of benzene rings is 14. The molecule has 0 fully saturated rings. The molecule has 0 atom stereocenters. The van der Waals surface area contributed by atoms with Gasteiger partial charge in [0, 0.05) is 50.2 Å². The zero-order chi connectivity index (χ0) is 68.7. The van der Waals surface area contributed by atoms with E-state index < -0.39 is 5.41 Å². The molecule has 4 heteroatoms. The third-order valence-corrected chi connectivity index (χ3v) is 22.1. The van der Waals surface area contributed by atoms with Crippen LogP contribution >= 0.6 is 0 Å². The molecule has 0 saturated carbocycles. The summed E-state index contributed by atoms with van der Waals surface area (Å²) in [4.78, 5) is 5.35. The minimum Gasteiger partial charge on any atom is -0.311 e. The number of hydrogen-bond donors (Lipinski definition) is 0. The second-order valence-electron chi connectivity index (χ2n) is 31.2. The zero-order valence-corrected chi connectivity index (χ0v) is 59.0. The van der Waals surface area contributed by atoms with Gasteiger partial charge < -0.3 is 14.4 Å².